The first kappa shape index (κ1) is 6.62. The van der Waals surface area contributed by atoms with Crippen molar-refractivity contribution in [1.82, 2.24) is 5.32 Å². The summed E-state index contributed by atoms with van der Waals surface area (Å²) >= 11 is 0. The van der Waals surface area contributed by atoms with Crippen molar-refractivity contribution in [3.8, 4) is 0 Å². The molecule has 2 saturated heterocycles. The highest BCUT2D eigenvalue weighted by atomic mass is 16.5. The number of methoxy groups -OCH3 is 1. The van der Waals surface area contributed by atoms with Gasteiger partial charge in [-0.2, -0.15) is 0 Å². The van der Waals surface area contributed by atoms with Gasteiger partial charge in [-0.1, -0.05) is 0 Å². The van der Waals surface area contributed by atoms with Gasteiger partial charge in [0.25, 0.3) is 0 Å². The monoisotopic (exact) mass is 141 g/mol. The molecule has 0 radical (unpaired) electrons. The van der Waals surface area contributed by atoms with Crippen LogP contribution in [-0.2, 0) is 4.74 Å². The van der Waals surface area contributed by atoms with Crippen molar-refractivity contribution in [3.05, 3.63) is 0 Å². The first-order valence-corrected chi connectivity index (χ1v) is 4.11. The smallest absolute Gasteiger partial charge is 0.0645 e. The van der Waals surface area contributed by atoms with Gasteiger partial charge in [-0.15, -0.1) is 0 Å². The molecule has 2 nitrogen and oxygen atoms in total. The maximum Gasteiger partial charge on any atom is 0.0645 e. The molecule has 0 aromatic heterocycles. The highest BCUT2D eigenvalue weighted by Gasteiger charge is 2.46. The summed E-state index contributed by atoms with van der Waals surface area (Å²) in [7, 11) is 1.79. The molecule has 2 bridgehead atoms. The molecule has 0 spiro atoms. The van der Waals surface area contributed by atoms with Crippen LogP contribution in [0, 0.1) is 0 Å². The fourth-order valence-corrected chi connectivity index (χ4v) is 2.37. The Kier molecular flexibility index (Phi) is 1.46. The maximum atomic E-state index is 5.16. The van der Waals surface area contributed by atoms with Crippen LogP contribution in [0.1, 0.15) is 25.7 Å². The molecule has 0 aromatic carbocycles. The van der Waals surface area contributed by atoms with Gasteiger partial charge in [-0.05, 0) is 25.7 Å². The summed E-state index contributed by atoms with van der Waals surface area (Å²) in [6, 6.07) is 0.823. The van der Waals surface area contributed by atoms with Gasteiger partial charge >= 0.3 is 0 Å². The van der Waals surface area contributed by atoms with E-state index in [4.69, 9.17) is 4.74 Å². The molecule has 3 rings (SSSR count). The SMILES string of the molecule is COCC12CCCC(C1)N2. The molecule has 0 aromatic rings. The lowest BCUT2D eigenvalue weighted by atomic mass is 9.71. The lowest BCUT2D eigenvalue weighted by Gasteiger charge is -2.53. The van der Waals surface area contributed by atoms with E-state index in [1.807, 2.05) is 0 Å². The Morgan fingerprint density at radius 1 is 1.70 bits per heavy atom. The van der Waals surface area contributed by atoms with E-state index in [2.05, 4.69) is 5.32 Å². The molecule has 3 aliphatic rings. The van der Waals surface area contributed by atoms with E-state index in [-0.39, 0.29) is 0 Å². The van der Waals surface area contributed by atoms with Gasteiger partial charge in [0.05, 0.1) is 6.61 Å². The van der Waals surface area contributed by atoms with Gasteiger partial charge in [-0.3, -0.25) is 0 Å². The van der Waals surface area contributed by atoms with Crippen LogP contribution in [0.2, 0.25) is 0 Å². The van der Waals surface area contributed by atoms with Crippen molar-refractivity contribution in [2.45, 2.75) is 37.3 Å². The Morgan fingerprint density at radius 3 is 3.00 bits per heavy atom. The van der Waals surface area contributed by atoms with Crippen molar-refractivity contribution in [2.24, 2.45) is 0 Å². The molecule has 2 heterocycles. The van der Waals surface area contributed by atoms with Gasteiger partial charge in [-0.25, -0.2) is 0 Å². The van der Waals surface area contributed by atoms with E-state index in [9.17, 15) is 0 Å². The molecule has 1 aliphatic carbocycles. The summed E-state index contributed by atoms with van der Waals surface area (Å²) in [6.45, 7) is 0.906. The topological polar surface area (TPSA) is 21.3 Å². The number of rotatable bonds is 2. The van der Waals surface area contributed by atoms with Crippen LogP contribution in [-0.4, -0.2) is 25.3 Å². The highest BCUT2D eigenvalue weighted by Crippen LogP contribution is 2.37. The molecule has 2 atom stereocenters. The van der Waals surface area contributed by atoms with E-state index in [1.54, 1.807) is 7.11 Å². The fraction of sp³-hybridized carbons (Fsp3) is 1.00. The predicted molar refractivity (Wildman–Crippen MR) is 40.0 cm³/mol. The minimum atomic E-state index is 0.400. The van der Waals surface area contributed by atoms with Gasteiger partial charge in [0.15, 0.2) is 0 Å². The molecule has 2 aliphatic heterocycles. The second-order valence-corrected chi connectivity index (χ2v) is 3.65. The third kappa shape index (κ3) is 0.867. The third-order valence-corrected chi connectivity index (χ3v) is 2.78. The van der Waals surface area contributed by atoms with Gasteiger partial charge in [0.1, 0.15) is 0 Å². The van der Waals surface area contributed by atoms with Crippen LogP contribution < -0.4 is 5.32 Å². The minimum Gasteiger partial charge on any atom is -0.383 e. The molecule has 1 saturated carbocycles. The Hall–Kier alpha value is -0.0800. The number of piperidine rings is 1. The number of ether oxygens (including phenoxy) is 1. The molecular formula is C8H15NO. The van der Waals surface area contributed by atoms with Crippen LogP contribution in [0.15, 0.2) is 0 Å². The molecule has 0 amide bonds. The molecule has 10 heavy (non-hydrogen) atoms. The second-order valence-electron chi connectivity index (χ2n) is 3.65. The predicted octanol–water partition coefficient (Wildman–Crippen LogP) is 0.917. The zero-order valence-electron chi connectivity index (χ0n) is 6.52. The molecule has 2 heteroatoms. The summed E-state index contributed by atoms with van der Waals surface area (Å²) in [5.41, 5.74) is 0.400. The molecule has 58 valence electrons. The summed E-state index contributed by atoms with van der Waals surface area (Å²) in [6.07, 6.45) is 5.44. The second kappa shape index (κ2) is 2.21. The molecule has 3 fully saturated rings. The fourth-order valence-electron chi connectivity index (χ4n) is 2.37. The number of hydrogen-bond donors (Lipinski definition) is 1. The molecule has 2 unspecified atom stereocenters. The van der Waals surface area contributed by atoms with Crippen molar-refractivity contribution in [3.63, 3.8) is 0 Å². The Balaban J connectivity index is 1.92. The van der Waals surface area contributed by atoms with Crippen LogP contribution >= 0.6 is 0 Å². The highest BCUT2D eigenvalue weighted by molar-refractivity contribution is 5.06. The average molecular weight is 141 g/mol. The van der Waals surface area contributed by atoms with Crippen LogP contribution in [0.4, 0.5) is 0 Å². The van der Waals surface area contributed by atoms with E-state index in [0.717, 1.165) is 12.6 Å². The lowest BCUT2D eigenvalue weighted by Crippen LogP contribution is -2.68. The quantitative estimate of drug-likeness (QED) is 0.617. The largest absolute Gasteiger partial charge is 0.383 e. The Bertz CT molecular complexity index is 118. The van der Waals surface area contributed by atoms with Crippen molar-refractivity contribution < 1.29 is 4.74 Å². The van der Waals surface area contributed by atoms with Gasteiger partial charge in [0.2, 0.25) is 0 Å². The first-order chi connectivity index (χ1) is 4.85. The van der Waals surface area contributed by atoms with E-state index >= 15 is 0 Å². The van der Waals surface area contributed by atoms with Crippen LogP contribution in [0.5, 0.6) is 0 Å². The minimum absolute atomic E-state index is 0.400. The van der Waals surface area contributed by atoms with E-state index < -0.39 is 0 Å². The molecular weight excluding hydrogens is 126 g/mol. The summed E-state index contributed by atoms with van der Waals surface area (Å²) in [5.74, 6) is 0. The zero-order chi connectivity index (χ0) is 7.03. The Labute approximate surface area is 61.9 Å². The third-order valence-electron chi connectivity index (χ3n) is 2.78. The normalized spacial score (nSPS) is 44.7. The summed E-state index contributed by atoms with van der Waals surface area (Å²) < 4.78 is 5.16. The zero-order valence-corrected chi connectivity index (χ0v) is 6.52. The number of hydrogen-bond acceptors (Lipinski definition) is 2. The van der Waals surface area contributed by atoms with Crippen LogP contribution in [0.25, 0.3) is 0 Å². The van der Waals surface area contributed by atoms with Crippen molar-refractivity contribution >= 4 is 0 Å². The van der Waals surface area contributed by atoms with Crippen LogP contribution in [0.3, 0.4) is 0 Å². The Morgan fingerprint density at radius 2 is 2.50 bits per heavy atom. The summed E-state index contributed by atoms with van der Waals surface area (Å²) in [4.78, 5) is 0. The maximum absolute atomic E-state index is 5.16. The van der Waals surface area contributed by atoms with E-state index in [0.29, 0.717) is 5.54 Å². The first-order valence-electron chi connectivity index (χ1n) is 4.11. The molecule has 1 N–H and O–H groups in total. The lowest BCUT2D eigenvalue weighted by molar-refractivity contribution is -0.00130. The van der Waals surface area contributed by atoms with Crippen molar-refractivity contribution in [2.75, 3.05) is 13.7 Å². The van der Waals surface area contributed by atoms with Crippen molar-refractivity contribution in [1.29, 1.82) is 0 Å². The standard InChI is InChI=1S/C8H15NO/c1-10-6-8-4-2-3-7(5-8)9-8/h7,9H,2-6H2,1H3. The average Bonchev–Trinajstić information content (AvgIpc) is 1.87. The van der Waals surface area contributed by atoms with Gasteiger partial charge < -0.3 is 10.1 Å². The summed E-state index contributed by atoms with van der Waals surface area (Å²) in [5, 5.41) is 3.57. The van der Waals surface area contributed by atoms with E-state index in [1.165, 1.54) is 25.7 Å². The van der Waals surface area contributed by atoms with Gasteiger partial charge in [0, 0.05) is 18.7 Å². The number of nitrogens with one attached hydrogen (secondary N) is 1. The number of fused-ring (bicyclic) bond motifs is 2.